The van der Waals surface area contributed by atoms with Gasteiger partial charge in [0.2, 0.25) is 5.91 Å². The summed E-state index contributed by atoms with van der Waals surface area (Å²) in [5.41, 5.74) is 3.67. The highest BCUT2D eigenvalue weighted by Gasteiger charge is 2.40. The van der Waals surface area contributed by atoms with Gasteiger partial charge in [0.05, 0.1) is 0 Å². The summed E-state index contributed by atoms with van der Waals surface area (Å²) in [6.07, 6.45) is -6.63. The number of carbonyl (C=O) groups is 2. The van der Waals surface area contributed by atoms with Gasteiger partial charge in [-0.25, -0.2) is 4.79 Å². The van der Waals surface area contributed by atoms with Gasteiger partial charge in [-0.05, 0) is 37.0 Å². The normalized spacial score (nSPS) is 21.2. The van der Waals surface area contributed by atoms with E-state index >= 15 is 0 Å². The van der Waals surface area contributed by atoms with Gasteiger partial charge in [0.25, 0.3) is 0 Å². The monoisotopic (exact) mass is 470 g/mol. The van der Waals surface area contributed by atoms with Crippen molar-refractivity contribution in [2.24, 2.45) is 0 Å². The molecule has 2 fully saturated rings. The van der Waals surface area contributed by atoms with Crippen molar-refractivity contribution >= 4 is 12.0 Å². The first-order valence-corrected chi connectivity index (χ1v) is 11.3. The molecule has 7 nitrogen and oxygen atoms in total. The second kappa shape index (κ2) is 10.7. The third-order valence-electron chi connectivity index (χ3n) is 6.39. The highest BCUT2D eigenvalue weighted by Crippen LogP contribution is 2.24. The van der Waals surface area contributed by atoms with Crippen LogP contribution in [0.3, 0.4) is 0 Å². The Hall–Kier alpha value is -2.33. The Morgan fingerprint density at radius 2 is 1.70 bits per heavy atom. The first-order valence-electron chi connectivity index (χ1n) is 11.3. The number of halogens is 3. The van der Waals surface area contributed by atoms with Crippen molar-refractivity contribution in [3.63, 3.8) is 0 Å². The molecule has 0 bridgehead atoms. The molecular weight excluding hydrogens is 437 g/mol. The van der Waals surface area contributed by atoms with Gasteiger partial charge < -0.3 is 15.0 Å². The highest BCUT2D eigenvalue weighted by molar-refractivity contribution is 5.73. The maximum absolute atomic E-state index is 12.6. The first kappa shape index (κ1) is 25.3. The molecule has 0 aliphatic carbocycles. The van der Waals surface area contributed by atoms with Crippen molar-refractivity contribution in [2.45, 2.75) is 58.6 Å². The fourth-order valence-corrected chi connectivity index (χ4v) is 4.32. The molecule has 1 aromatic carbocycles. The van der Waals surface area contributed by atoms with Crippen LogP contribution in [0.1, 0.15) is 37.0 Å². The van der Waals surface area contributed by atoms with Crippen LogP contribution in [-0.2, 0) is 22.6 Å². The van der Waals surface area contributed by atoms with Gasteiger partial charge in [0.15, 0.2) is 6.10 Å². The number of benzene rings is 1. The van der Waals surface area contributed by atoms with Gasteiger partial charge >= 0.3 is 12.3 Å². The molecule has 1 unspecified atom stereocenters. The zero-order valence-electron chi connectivity index (χ0n) is 19.5. The molecule has 2 saturated heterocycles. The lowest BCUT2D eigenvalue weighted by Gasteiger charge is -2.35. The molecule has 0 aromatic heterocycles. The van der Waals surface area contributed by atoms with E-state index in [0.717, 1.165) is 39.5 Å². The molecule has 1 aromatic rings. The molecular formula is C23H33F3N4O3. The lowest BCUT2D eigenvalue weighted by molar-refractivity contribution is -0.200. The molecule has 2 aliphatic rings. The van der Waals surface area contributed by atoms with Gasteiger partial charge in [-0.1, -0.05) is 18.2 Å². The molecule has 184 valence electrons. The second-order valence-electron chi connectivity index (χ2n) is 8.95. The minimum Gasteiger partial charge on any atom is -0.437 e. The van der Waals surface area contributed by atoms with Crippen LogP contribution in [0.25, 0.3) is 0 Å². The molecule has 0 radical (unpaired) electrons. The molecule has 0 saturated carbocycles. The van der Waals surface area contributed by atoms with Crippen LogP contribution < -0.4 is 5.32 Å². The molecule has 2 heterocycles. The fraction of sp³-hybridized carbons (Fsp3) is 0.652. The van der Waals surface area contributed by atoms with Crippen molar-refractivity contribution in [3.8, 4) is 0 Å². The third-order valence-corrected chi connectivity index (χ3v) is 6.39. The van der Waals surface area contributed by atoms with E-state index in [-0.39, 0.29) is 11.9 Å². The summed E-state index contributed by atoms with van der Waals surface area (Å²) in [7, 11) is 0. The topological polar surface area (TPSA) is 65.1 Å². The molecule has 0 spiro atoms. The minimum absolute atomic E-state index is 0.00301. The van der Waals surface area contributed by atoms with E-state index in [0.29, 0.717) is 26.2 Å². The van der Waals surface area contributed by atoms with Crippen molar-refractivity contribution < 1.29 is 27.5 Å². The summed E-state index contributed by atoms with van der Waals surface area (Å²) in [4.78, 5) is 29.2. The number of nitrogens with zero attached hydrogens (tertiary/aromatic N) is 3. The van der Waals surface area contributed by atoms with Gasteiger partial charge in [-0.15, -0.1) is 0 Å². The van der Waals surface area contributed by atoms with E-state index in [1.165, 1.54) is 21.6 Å². The van der Waals surface area contributed by atoms with Crippen molar-refractivity contribution in [2.75, 3.05) is 39.3 Å². The zero-order valence-corrected chi connectivity index (χ0v) is 19.5. The van der Waals surface area contributed by atoms with E-state index < -0.39 is 18.4 Å². The average Bonchev–Trinajstić information content (AvgIpc) is 3.16. The highest BCUT2D eigenvalue weighted by atomic mass is 19.4. The maximum Gasteiger partial charge on any atom is 0.425 e. The van der Waals surface area contributed by atoms with Crippen molar-refractivity contribution in [3.05, 3.63) is 34.9 Å². The number of alkyl halides is 3. The van der Waals surface area contributed by atoms with Crippen molar-refractivity contribution in [1.82, 2.24) is 20.0 Å². The molecule has 1 N–H and O–H groups in total. The number of nitrogens with one attached hydrogen (secondary N) is 1. The van der Waals surface area contributed by atoms with Crippen LogP contribution in [0.5, 0.6) is 0 Å². The van der Waals surface area contributed by atoms with Gasteiger partial charge in [-0.3, -0.25) is 14.6 Å². The summed E-state index contributed by atoms with van der Waals surface area (Å²) in [6.45, 7) is 9.64. The number of likely N-dealkylation sites (tertiary alicyclic amines) is 1. The van der Waals surface area contributed by atoms with E-state index in [9.17, 15) is 22.8 Å². The van der Waals surface area contributed by atoms with Crippen LogP contribution in [0.4, 0.5) is 18.0 Å². The number of hydrogen-bond donors (Lipinski definition) is 1. The molecule has 2 aliphatic heterocycles. The summed E-state index contributed by atoms with van der Waals surface area (Å²) in [6, 6.07) is 6.47. The van der Waals surface area contributed by atoms with Crippen LogP contribution in [-0.4, -0.2) is 84.3 Å². The fourth-order valence-electron chi connectivity index (χ4n) is 4.32. The van der Waals surface area contributed by atoms with E-state index in [1.807, 2.05) is 6.07 Å². The van der Waals surface area contributed by atoms with E-state index in [4.69, 9.17) is 0 Å². The second-order valence-corrected chi connectivity index (χ2v) is 8.95. The number of rotatable bonds is 6. The molecule has 3 rings (SSSR count). The minimum atomic E-state index is -4.56. The zero-order chi connectivity index (χ0) is 24.2. The number of carbonyl (C=O) groups excluding carboxylic acids is 2. The Kier molecular flexibility index (Phi) is 8.23. The largest absolute Gasteiger partial charge is 0.437 e. The Bertz CT molecular complexity index is 841. The number of hydrogen-bond acceptors (Lipinski definition) is 5. The summed E-state index contributed by atoms with van der Waals surface area (Å²) in [5, 5.41) is 2.99. The van der Waals surface area contributed by atoms with E-state index in [2.05, 4.69) is 38.9 Å². The van der Waals surface area contributed by atoms with Gasteiger partial charge in [0, 0.05) is 65.3 Å². The lowest BCUT2D eigenvalue weighted by atomic mass is 10.0. The Morgan fingerprint density at radius 1 is 1.09 bits per heavy atom. The Labute approximate surface area is 192 Å². The average molecular weight is 471 g/mol. The Balaban J connectivity index is 1.50. The summed E-state index contributed by atoms with van der Waals surface area (Å²) < 4.78 is 42.4. The first-order chi connectivity index (χ1) is 15.5. The molecule has 2 amide bonds. The lowest BCUT2D eigenvalue weighted by Crippen LogP contribution is -2.49. The van der Waals surface area contributed by atoms with Crippen molar-refractivity contribution in [1.29, 1.82) is 0 Å². The van der Waals surface area contributed by atoms with Gasteiger partial charge in [0.1, 0.15) is 0 Å². The van der Waals surface area contributed by atoms with Crippen LogP contribution in [0.15, 0.2) is 18.2 Å². The maximum atomic E-state index is 12.6. The SMILES string of the molecule is CC(=O)N[C@H]1CCN(Cc2cccc(CN3CCN(C(=O)OC(C)C(F)(F)F)CC3)c2C)C1. The quantitative estimate of drug-likeness (QED) is 0.693. The predicted octanol–water partition coefficient (Wildman–Crippen LogP) is 2.91. The predicted molar refractivity (Wildman–Crippen MR) is 118 cm³/mol. The van der Waals surface area contributed by atoms with E-state index in [1.54, 1.807) is 6.92 Å². The van der Waals surface area contributed by atoms with Gasteiger partial charge in [-0.2, -0.15) is 13.2 Å². The molecule has 10 heteroatoms. The molecule has 33 heavy (non-hydrogen) atoms. The summed E-state index contributed by atoms with van der Waals surface area (Å²) >= 11 is 0. The van der Waals surface area contributed by atoms with Crippen LogP contribution in [0.2, 0.25) is 0 Å². The third kappa shape index (κ3) is 7.07. The number of ether oxygens (including phenoxy) is 1. The standard InChI is InChI=1S/C23H33F3N4O3/c1-16-19(5-4-6-20(16)14-29-8-7-21(15-29)27-18(3)31)13-28-9-11-30(12-10-28)22(32)33-17(2)23(24,25)26/h4-6,17,21H,7-15H2,1-3H3,(H,27,31)/t17?,21-/m0/s1. The smallest absolute Gasteiger partial charge is 0.425 e. The van der Waals surface area contributed by atoms with Crippen LogP contribution in [0, 0.1) is 6.92 Å². The summed E-state index contributed by atoms with van der Waals surface area (Å²) in [5.74, 6) is 0.00301. The van der Waals surface area contributed by atoms with Crippen LogP contribution >= 0.6 is 0 Å². The number of amides is 2. The number of piperazine rings is 1. The molecule has 2 atom stereocenters. The Morgan fingerprint density at radius 3 is 2.27 bits per heavy atom.